The Morgan fingerprint density at radius 2 is 2.19 bits per heavy atom. The fraction of sp³-hybridized carbons (Fsp3) is 0.583. The summed E-state index contributed by atoms with van der Waals surface area (Å²) in [5, 5.41) is 11.7. The van der Waals surface area contributed by atoms with E-state index in [2.05, 4.69) is 10.3 Å². The third-order valence-electron chi connectivity index (χ3n) is 2.62. The highest BCUT2D eigenvalue weighted by Gasteiger charge is 2.29. The summed E-state index contributed by atoms with van der Waals surface area (Å²) in [6, 6.07) is 2.72. The summed E-state index contributed by atoms with van der Waals surface area (Å²) in [5.41, 5.74) is 0. The van der Waals surface area contributed by atoms with E-state index in [0.717, 1.165) is 6.42 Å². The molecule has 1 aromatic heterocycles. The van der Waals surface area contributed by atoms with Gasteiger partial charge in [0.05, 0.1) is 13.2 Å². The van der Waals surface area contributed by atoms with Crippen LogP contribution in [0, 0.1) is 0 Å². The largest absolute Gasteiger partial charge is 0.395 e. The maximum atomic E-state index is 12.5. The van der Waals surface area contributed by atoms with Crippen LogP contribution in [0.2, 0.25) is 0 Å². The molecule has 0 radical (unpaired) electrons. The zero-order valence-corrected chi connectivity index (χ0v) is 12.5. The number of aliphatic hydroxyl groups excluding tert-OH is 1. The molecule has 0 saturated carbocycles. The summed E-state index contributed by atoms with van der Waals surface area (Å²) in [6.45, 7) is 0.511. The molecule has 0 saturated heterocycles. The quantitative estimate of drug-likeness (QED) is 0.712. The Balaban J connectivity index is 3.14. The minimum atomic E-state index is -4.15. The number of aliphatic hydroxyl groups is 1. The monoisotopic (exact) mass is 323 g/mol. The lowest BCUT2D eigenvalue weighted by molar-refractivity contribution is 0.113. The molecular weight excluding hydrogens is 304 g/mol. The topological polar surface area (TPSA) is 82.5 Å². The SMILES string of the molecule is CCCNc1ncccc1S(=O)(=O)N(CCO)CC(F)F. The summed E-state index contributed by atoms with van der Waals surface area (Å²) in [5.74, 6) is 0.122. The van der Waals surface area contributed by atoms with Crippen LogP contribution in [0.5, 0.6) is 0 Å². The lowest BCUT2D eigenvalue weighted by Crippen LogP contribution is -2.37. The molecule has 0 spiro atoms. The lowest BCUT2D eigenvalue weighted by Gasteiger charge is -2.22. The second-order valence-electron chi connectivity index (χ2n) is 4.25. The fourth-order valence-corrected chi connectivity index (χ4v) is 3.22. The average molecular weight is 323 g/mol. The van der Waals surface area contributed by atoms with Crippen LogP contribution in [0.3, 0.4) is 0 Å². The van der Waals surface area contributed by atoms with E-state index in [0.29, 0.717) is 10.8 Å². The van der Waals surface area contributed by atoms with Gasteiger partial charge in [0.25, 0.3) is 6.43 Å². The molecule has 0 atom stereocenters. The van der Waals surface area contributed by atoms with Gasteiger partial charge < -0.3 is 10.4 Å². The minimum Gasteiger partial charge on any atom is -0.395 e. The van der Waals surface area contributed by atoms with Crippen LogP contribution >= 0.6 is 0 Å². The molecule has 2 N–H and O–H groups in total. The molecule has 9 heteroatoms. The van der Waals surface area contributed by atoms with Crippen molar-refractivity contribution in [1.29, 1.82) is 0 Å². The van der Waals surface area contributed by atoms with Gasteiger partial charge in [0, 0.05) is 19.3 Å². The number of sulfonamides is 1. The highest BCUT2D eigenvalue weighted by molar-refractivity contribution is 7.89. The molecule has 0 aliphatic heterocycles. The highest BCUT2D eigenvalue weighted by atomic mass is 32.2. The molecule has 0 aromatic carbocycles. The van der Waals surface area contributed by atoms with Crippen LogP contribution in [0.4, 0.5) is 14.6 Å². The van der Waals surface area contributed by atoms with Crippen molar-refractivity contribution in [1.82, 2.24) is 9.29 Å². The predicted molar refractivity (Wildman–Crippen MR) is 74.9 cm³/mol. The number of rotatable bonds is 9. The molecule has 0 aliphatic rings. The van der Waals surface area contributed by atoms with Gasteiger partial charge in [-0.3, -0.25) is 0 Å². The van der Waals surface area contributed by atoms with Gasteiger partial charge in [0.2, 0.25) is 10.0 Å². The van der Waals surface area contributed by atoms with Crippen LogP contribution in [-0.4, -0.2) is 55.5 Å². The van der Waals surface area contributed by atoms with Crippen LogP contribution in [-0.2, 0) is 10.0 Å². The molecule has 0 bridgehead atoms. The first kappa shape index (κ1) is 17.7. The summed E-state index contributed by atoms with van der Waals surface area (Å²) in [4.78, 5) is 3.76. The van der Waals surface area contributed by atoms with Crippen molar-refractivity contribution in [3.8, 4) is 0 Å². The summed E-state index contributed by atoms with van der Waals surface area (Å²) in [7, 11) is -4.15. The van der Waals surface area contributed by atoms with Crippen molar-refractivity contribution in [2.75, 3.05) is 31.6 Å². The number of pyridine rings is 1. The molecule has 0 fully saturated rings. The molecule has 1 rings (SSSR count). The van der Waals surface area contributed by atoms with Crippen LogP contribution in [0.25, 0.3) is 0 Å². The number of nitrogens with zero attached hydrogens (tertiary/aromatic N) is 2. The van der Waals surface area contributed by atoms with Gasteiger partial charge >= 0.3 is 0 Å². The van der Waals surface area contributed by atoms with Gasteiger partial charge in [-0.05, 0) is 18.6 Å². The van der Waals surface area contributed by atoms with Gasteiger partial charge in [0.1, 0.15) is 10.7 Å². The maximum absolute atomic E-state index is 12.5. The van der Waals surface area contributed by atoms with Gasteiger partial charge in [0.15, 0.2) is 0 Å². The number of hydrogen-bond acceptors (Lipinski definition) is 5. The van der Waals surface area contributed by atoms with Gasteiger partial charge in [-0.1, -0.05) is 6.92 Å². The van der Waals surface area contributed by atoms with Crippen molar-refractivity contribution in [3.05, 3.63) is 18.3 Å². The fourth-order valence-electron chi connectivity index (χ4n) is 1.69. The Hall–Kier alpha value is -1.32. The number of alkyl halides is 2. The molecule has 0 aliphatic carbocycles. The van der Waals surface area contributed by atoms with E-state index in [9.17, 15) is 17.2 Å². The molecule has 0 amide bonds. The summed E-state index contributed by atoms with van der Waals surface area (Å²) < 4.78 is 50.5. The van der Waals surface area contributed by atoms with Crippen molar-refractivity contribution < 1.29 is 22.3 Å². The summed E-state index contributed by atoms with van der Waals surface area (Å²) >= 11 is 0. The zero-order chi connectivity index (χ0) is 15.9. The van der Waals surface area contributed by atoms with E-state index in [1.165, 1.54) is 18.3 Å². The van der Waals surface area contributed by atoms with E-state index < -0.39 is 36.1 Å². The third-order valence-corrected chi connectivity index (χ3v) is 4.52. The standard InChI is InChI=1S/C12H19F2N3O3S/c1-2-5-15-12-10(4-3-6-16-12)21(19,20)17(7-8-18)9-11(13)14/h3-4,6,11,18H,2,5,7-9H2,1H3,(H,15,16). The first-order valence-corrected chi connectivity index (χ1v) is 7.95. The molecule has 1 aromatic rings. The Morgan fingerprint density at radius 3 is 2.76 bits per heavy atom. The van der Waals surface area contributed by atoms with Crippen molar-refractivity contribution >= 4 is 15.8 Å². The number of hydrogen-bond donors (Lipinski definition) is 2. The highest BCUT2D eigenvalue weighted by Crippen LogP contribution is 2.23. The normalized spacial score (nSPS) is 12.1. The number of aromatic nitrogens is 1. The zero-order valence-electron chi connectivity index (χ0n) is 11.7. The van der Waals surface area contributed by atoms with Crippen LogP contribution in [0.1, 0.15) is 13.3 Å². The molecular formula is C12H19F2N3O3S. The van der Waals surface area contributed by atoms with Gasteiger partial charge in [-0.25, -0.2) is 22.2 Å². The predicted octanol–water partition coefficient (Wildman–Crippen LogP) is 1.15. The molecule has 0 unspecified atom stereocenters. The lowest BCUT2D eigenvalue weighted by atomic mass is 10.4. The Kier molecular flexibility index (Phi) is 6.93. The smallest absolute Gasteiger partial charge is 0.252 e. The van der Waals surface area contributed by atoms with E-state index >= 15 is 0 Å². The first-order valence-electron chi connectivity index (χ1n) is 6.51. The number of halogens is 2. The number of nitrogens with one attached hydrogen (secondary N) is 1. The van der Waals surface area contributed by atoms with E-state index in [-0.39, 0.29) is 10.7 Å². The van der Waals surface area contributed by atoms with Crippen LogP contribution in [0.15, 0.2) is 23.2 Å². The van der Waals surface area contributed by atoms with E-state index in [1.807, 2.05) is 6.92 Å². The second-order valence-corrected chi connectivity index (χ2v) is 6.16. The Morgan fingerprint density at radius 1 is 1.48 bits per heavy atom. The average Bonchev–Trinajstić information content (AvgIpc) is 2.44. The van der Waals surface area contributed by atoms with Crippen molar-refractivity contribution in [3.63, 3.8) is 0 Å². The molecule has 21 heavy (non-hydrogen) atoms. The van der Waals surface area contributed by atoms with E-state index in [1.54, 1.807) is 0 Å². The third kappa shape index (κ3) is 4.87. The number of anilines is 1. The van der Waals surface area contributed by atoms with Crippen molar-refractivity contribution in [2.45, 2.75) is 24.7 Å². The Bertz CT molecular complexity index is 540. The van der Waals surface area contributed by atoms with Crippen molar-refractivity contribution in [2.24, 2.45) is 0 Å². The maximum Gasteiger partial charge on any atom is 0.252 e. The van der Waals surface area contributed by atoms with Gasteiger partial charge in [-0.2, -0.15) is 4.31 Å². The molecule has 6 nitrogen and oxygen atoms in total. The molecule has 120 valence electrons. The molecule has 1 heterocycles. The van der Waals surface area contributed by atoms with Gasteiger partial charge in [-0.15, -0.1) is 0 Å². The van der Waals surface area contributed by atoms with E-state index in [4.69, 9.17) is 5.11 Å². The van der Waals surface area contributed by atoms with Crippen LogP contribution < -0.4 is 5.32 Å². The first-order chi connectivity index (χ1) is 9.93. The second kappa shape index (κ2) is 8.20. The Labute approximate surface area is 122 Å². The minimum absolute atomic E-state index is 0.122. The summed E-state index contributed by atoms with van der Waals surface area (Å²) in [6.07, 6.45) is -0.649.